The summed E-state index contributed by atoms with van der Waals surface area (Å²) in [6.45, 7) is 0. The Labute approximate surface area is 158 Å². The summed E-state index contributed by atoms with van der Waals surface area (Å²) in [6.07, 6.45) is 0.106. The number of hydrogen-bond donors (Lipinski definition) is 1. The number of amides is 1. The minimum absolute atomic E-state index is 0.0451. The molecule has 0 fully saturated rings. The molecule has 0 aliphatic carbocycles. The lowest BCUT2D eigenvalue weighted by atomic mass is 10.0. The van der Waals surface area contributed by atoms with E-state index in [0.29, 0.717) is 11.3 Å². The van der Waals surface area contributed by atoms with Crippen molar-refractivity contribution in [3.05, 3.63) is 64.3 Å². The first-order valence-corrected chi connectivity index (χ1v) is 8.81. The number of para-hydroxylation sites is 1. The van der Waals surface area contributed by atoms with Crippen LogP contribution in [-0.2, 0) is 20.7 Å². The molecule has 134 valence electrons. The Morgan fingerprint density at radius 1 is 1.19 bits per heavy atom. The van der Waals surface area contributed by atoms with Gasteiger partial charge in [0.2, 0.25) is 5.91 Å². The SMILES string of the molecule is COC(=O)C[C@@H](NC(=O)Cc1noc2ccccc12)c1ccc(Br)cc1. The van der Waals surface area contributed by atoms with E-state index in [1.807, 2.05) is 42.5 Å². The number of esters is 1. The molecule has 0 aliphatic heterocycles. The highest BCUT2D eigenvalue weighted by molar-refractivity contribution is 9.10. The number of nitrogens with zero attached hydrogens (tertiary/aromatic N) is 1. The van der Waals surface area contributed by atoms with Gasteiger partial charge in [-0.1, -0.05) is 45.4 Å². The van der Waals surface area contributed by atoms with Crippen LogP contribution in [0.25, 0.3) is 11.0 Å². The average Bonchev–Trinajstić information content (AvgIpc) is 3.04. The molecular formula is C19H17BrN2O4. The summed E-state index contributed by atoms with van der Waals surface area (Å²) >= 11 is 3.38. The summed E-state index contributed by atoms with van der Waals surface area (Å²) in [7, 11) is 1.32. The molecule has 3 aromatic rings. The van der Waals surface area contributed by atoms with Crippen LogP contribution in [0.15, 0.2) is 57.5 Å². The van der Waals surface area contributed by atoms with Gasteiger partial charge in [0.1, 0.15) is 5.69 Å². The average molecular weight is 417 g/mol. The molecule has 0 aliphatic rings. The predicted molar refractivity (Wildman–Crippen MR) is 99.4 cm³/mol. The summed E-state index contributed by atoms with van der Waals surface area (Å²) in [5, 5.41) is 7.66. The number of rotatable bonds is 6. The zero-order valence-electron chi connectivity index (χ0n) is 14.1. The van der Waals surface area contributed by atoms with Gasteiger partial charge in [0.15, 0.2) is 5.58 Å². The van der Waals surface area contributed by atoms with E-state index in [1.165, 1.54) is 7.11 Å². The van der Waals surface area contributed by atoms with E-state index in [-0.39, 0.29) is 18.7 Å². The van der Waals surface area contributed by atoms with Crippen molar-refractivity contribution in [1.29, 1.82) is 0 Å². The van der Waals surface area contributed by atoms with E-state index >= 15 is 0 Å². The van der Waals surface area contributed by atoms with Crippen LogP contribution in [0.5, 0.6) is 0 Å². The Hall–Kier alpha value is -2.67. The number of ether oxygens (including phenoxy) is 1. The molecule has 6 nitrogen and oxygen atoms in total. The topological polar surface area (TPSA) is 81.4 Å². The van der Waals surface area contributed by atoms with Crippen LogP contribution in [0.1, 0.15) is 23.7 Å². The minimum atomic E-state index is -0.485. The maximum Gasteiger partial charge on any atom is 0.307 e. The monoisotopic (exact) mass is 416 g/mol. The molecule has 1 aromatic heterocycles. The maximum absolute atomic E-state index is 12.5. The summed E-state index contributed by atoms with van der Waals surface area (Å²) in [4.78, 5) is 24.2. The third-order valence-electron chi connectivity index (χ3n) is 3.99. The van der Waals surface area contributed by atoms with Crippen molar-refractivity contribution in [2.75, 3.05) is 7.11 Å². The van der Waals surface area contributed by atoms with E-state index in [2.05, 4.69) is 26.4 Å². The van der Waals surface area contributed by atoms with Crippen LogP contribution in [0.4, 0.5) is 0 Å². The van der Waals surface area contributed by atoms with E-state index in [9.17, 15) is 9.59 Å². The van der Waals surface area contributed by atoms with Crippen LogP contribution in [0.3, 0.4) is 0 Å². The van der Waals surface area contributed by atoms with Crippen LogP contribution in [0, 0.1) is 0 Å². The number of carbonyl (C=O) groups excluding carboxylic acids is 2. The van der Waals surface area contributed by atoms with E-state index in [4.69, 9.17) is 9.26 Å². The Morgan fingerprint density at radius 3 is 2.65 bits per heavy atom. The number of nitrogens with one attached hydrogen (secondary N) is 1. The molecule has 0 unspecified atom stereocenters. The molecule has 7 heteroatoms. The van der Waals surface area contributed by atoms with Gasteiger partial charge in [-0.2, -0.15) is 0 Å². The summed E-state index contributed by atoms with van der Waals surface area (Å²) in [5.41, 5.74) is 2.01. The van der Waals surface area contributed by atoms with Gasteiger partial charge in [-0.25, -0.2) is 0 Å². The Kier molecular flexibility index (Phi) is 5.68. The van der Waals surface area contributed by atoms with Crippen molar-refractivity contribution in [1.82, 2.24) is 10.5 Å². The number of benzene rings is 2. The largest absolute Gasteiger partial charge is 0.469 e. The fraction of sp³-hybridized carbons (Fsp3) is 0.211. The number of methoxy groups -OCH3 is 1. The second-order valence-electron chi connectivity index (χ2n) is 5.75. The van der Waals surface area contributed by atoms with Crippen LogP contribution >= 0.6 is 15.9 Å². The number of fused-ring (bicyclic) bond motifs is 1. The standard InChI is InChI=1S/C19H17BrN2O4/c1-25-19(24)11-15(12-6-8-13(20)9-7-12)21-18(23)10-16-14-4-2-3-5-17(14)26-22-16/h2-9,15H,10-11H2,1H3,(H,21,23)/t15-/m1/s1. The first kappa shape index (κ1) is 18.1. The molecule has 0 bridgehead atoms. The Morgan fingerprint density at radius 2 is 1.92 bits per heavy atom. The molecule has 0 saturated carbocycles. The molecule has 1 heterocycles. The number of hydrogen-bond acceptors (Lipinski definition) is 5. The molecule has 1 amide bonds. The van der Waals surface area contributed by atoms with Crippen molar-refractivity contribution in [2.24, 2.45) is 0 Å². The van der Waals surface area contributed by atoms with Crippen LogP contribution in [-0.4, -0.2) is 24.1 Å². The first-order chi connectivity index (χ1) is 12.6. The van der Waals surface area contributed by atoms with Crippen molar-refractivity contribution in [3.8, 4) is 0 Å². The lowest BCUT2D eigenvalue weighted by molar-refractivity contribution is -0.141. The third kappa shape index (κ3) is 4.29. The number of carbonyl (C=O) groups is 2. The fourth-order valence-corrected chi connectivity index (χ4v) is 2.92. The zero-order chi connectivity index (χ0) is 18.5. The molecule has 1 atom stereocenters. The second kappa shape index (κ2) is 8.14. The molecule has 2 aromatic carbocycles. The highest BCUT2D eigenvalue weighted by Crippen LogP contribution is 2.22. The summed E-state index contributed by atoms with van der Waals surface area (Å²) in [6, 6.07) is 14.3. The molecular weight excluding hydrogens is 400 g/mol. The van der Waals surface area contributed by atoms with E-state index in [1.54, 1.807) is 6.07 Å². The predicted octanol–water partition coefficient (Wildman–Crippen LogP) is 3.55. The first-order valence-electron chi connectivity index (χ1n) is 8.01. The summed E-state index contributed by atoms with van der Waals surface area (Å²) in [5.74, 6) is -0.647. The molecule has 0 radical (unpaired) electrons. The highest BCUT2D eigenvalue weighted by atomic mass is 79.9. The lowest BCUT2D eigenvalue weighted by Crippen LogP contribution is -2.31. The van der Waals surface area contributed by atoms with Crippen molar-refractivity contribution >= 4 is 38.8 Å². The van der Waals surface area contributed by atoms with Gasteiger partial charge in [0.05, 0.1) is 26.0 Å². The van der Waals surface area contributed by atoms with Gasteiger partial charge in [0, 0.05) is 9.86 Å². The van der Waals surface area contributed by atoms with Gasteiger partial charge in [-0.15, -0.1) is 0 Å². The molecule has 1 N–H and O–H groups in total. The Bertz CT molecular complexity index is 921. The zero-order valence-corrected chi connectivity index (χ0v) is 15.7. The van der Waals surface area contributed by atoms with Crippen molar-refractivity contribution in [2.45, 2.75) is 18.9 Å². The quantitative estimate of drug-likeness (QED) is 0.621. The second-order valence-corrected chi connectivity index (χ2v) is 6.67. The molecule has 0 spiro atoms. The van der Waals surface area contributed by atoms with Crippen LogP contribution < -0.4 is 5.32 Å². The Balaban J connectivity index is 1.76. The van der Waals surface area contributed by atoms with Gasteiger partial charge in [-0.3, -0.25) is 9.59 Å². The molecule has 3 rings (SSSR count). The summed E-state index contributed by atoms with van der Waals surface area (Å²) < 4.78 is 10.9. The number of aromatic nitrogens is 1. The maximum atomic E-state index is 12.5. The molecule has 26 heavy (non-hydrogen) atoms. The smallest absolute Gasteiger partial charge is 0.307 e. The van der Waals surface area contributed by atoms with Gasteiger partial charge in [-0.05, 0) is 29.8 Å². The van der Waals surface area contributed by atoms with Crippen LogP contribution in [0.2, 0.25) is 0 Å². The highest BCUT2D eigenvalue weighted by Gasteiger charge is 2.20. The van der Waals surface area contributed by atoms with Crippen molar-refractivity contribution in [3.63, 3.8) is 0 Å². The number of halogens is 1. The van der Waals surface area contributed by atoms with E-state index in [0.717, 1.165) is 15.4 Å². The van der Waals surface area contributed by atoms with Gasteiger partial charge in [0.25, 0.3) is 0 Å². The van der Waals surface area contributed by atoms with E-state index < -0.39 is 12.0 Å². The fourth-order valence-electron chi connectivity index (χ4n) is 2.66. The third-order valence-corrected chi connectivity index (χ3v) is 4.51. The normalized spacial score (nSPS) is 11.9. The van der Waals surface area contributed by atoms with Gasteiger partial charge >= 0.3 is 5.97 Å². The lowest BCUT2D eigenvalue weighted by Gasteiger charge is -2.18. The van der Waals surface area contributed by atoms with Gasteiger partial charge < -0.3 is 14.6 Å². The van der Waals surface area contributed by atoms with Crippen molar-refractivity contribution < 1.29 is 18.8 Å². The molecule has 0 saturated heterocycles. The minimum Gasteiger partial charge on any atom is -0.469 e.